The van der Waals surface area contributed by atoms with E-state index in [1.807, 2.05) is 36.4 Å². The van der Waals surface area contributed by atoms with Gasteiger partial charge in [0.25, 0.3) is 0 Å². The van der Waals surface area contributed by atoms with Gasteiger partial charge in [-0.15, -0.1) is 0 Å². The van der Waals surface area contributed by atoms with Crippen molar-refractivity contribution in [1.82, 2.24) is 5.43 Å². The topological polar surface area (TPSA) is 44.7 Å². The van der Waals surface area contributed by atoms with Crippen LogP contribution in [0.3, 0.4) is 0 Å². The molecule has 2 aromatic rings. The number of carbonyl (C=O) groups is 1. The summed E-state index contributed by atoms with van der Waals surface area (Å²) >= 11 is 6.49. The molecule has 0 radical (unpaired) electrons. The summed E-state index contributed by atoms with van der Waals surface area (Å²) in [5, 5.41) is 4.75. The molecule has 1 atom stereocenters. The smallest absolute Gasteiger partial charge is 0.240 e. The first-order valence-electron chi connectivity index (χ1n) is 9.71. The maximum atomic E-state index is 12.0. The maximum absolute atomic E-state index is 12.0. The Hall–Kier alpha value is -2.33. The molecule has 28 heavy (non-hydrogen) atoms. The molecule has 0 bridgehead atoms. The Balaban J connectivity index is 1.66. The first-order chi connectivity index (χ1) is 13.3. The van der Waals surface area contributed by atoms with E-state index in [-0.39, 0.29) is 11.4 Å². The number of nitrogens with zero attached hydrogens (tertiary/aromatic N) is 2. The van der Waals surface area contributed by atoms with Gasteiger partial charge in [-0.25, -0.2) is 5.43 Å². The van der Waals surface area contributed by atoms with Crippen molar-refractivity contribution < 1.29 is 4.79 Å². The van der Waals surface area contributed by atoms with Crippen molar-refractivity contribution in [2.45, 2.75) is 51.5 Å². The summed E-state index contributed by atoms with van der Waals surface area (Å²) in [7, 11) is 2.11. The minimum Gasteiger partial charge on any atom is -0.369 e. The number of aryl methyl sites for hydroxylation is 1. The molecule has 1 amide bonds. The van der Waals surface area contributed by atoms with Crippen molar-refractivity contribution in [2.75, 3.05) is 11.9 Å². The number of halogens is 1. The second-order valence-corrected chi connectivity index (χ2v) is 8.60. The van der Waals surface area contributed by atoms with Crippen molar-refractivity contribution in [3.8, 4) is 0 Å². The lowest BCUT2D eigenvalue weighted by molar-refractivity contribution is -0.121. The molecule has 1 N–H and O–H groups in total. The van der Waals surface area contributed by atoms with Gasteiger partial charge < -0.3 is 4.90 Å². The van der Waals surface area contributed by atoms with Gasteiger partial charge in [0, 0.05) is 30.3 Å². The van der Waals surface area contributed by atoms with E-state index >= 15 is 0 Å². The lowest BCUT2D eigenvalue weighted by Gasteiger charge is -2.45. The van der Waals surface area contributed by atoms with E-state index in [4.69, 9.17) is 11.6 Å². The molecule has 5 heteroatoms. The Morgan fingerprint density at radius 1 is 1.32 bits per heavy atom. The quantitative estimate of drug-likeness (QED) is 0.560. The highest BCUT2D eigenvalue weighted by Gasteiger charge is 2.34. The molecule has 1 aliphatic rings. The zero-order chi connectivity index (χ0) is 20.3. The second-order valence-electron chi connectivity index (χ2n) is 8.19. The second kappa shape index (κ2) is 8.36. The zero-order valence-corrected chi connectivity index (χ0v) is 17.8. The highest BCUT2D eigenvalue weighted by molar-refractivity contribution is 6.33. The number of nitrogens with one attached hydrogen (secondary N) is 1. The highest BCUT2D eigenvalue weighted by atomic mass is 35.5. The Labute approximate surface area is 172 Å². The molecule has 1 heterocycles. The standard InChI is InChI=1S/C23H28ClN3O/c1-16-14-23(2,3)27(4)21-13-20(24)18(12-19(16)21)15-25-26-22(28)11-10-17-8-6-5-7-9-17/h5-9,12-13,15-16H,10-11,14H2,1-4H3,(H,26,28)/b25-15+. The molecule has 0 fully saturated rings. The van der Waals surface area contributed by atoms with Crippen LogP contribution in [-0.2, 0) is 11.2 Å². The number of hydrogen-bond donors (Lipinski definition) is 1. The minimum atomic E-state index is -0.107. The van der Waals surface area contributed by atoms with Crippen molar-refractivity contribution >= 4 is 29.4 Å². The molecular formula is C23H28ClN3O. The minimum absolute atomic E-state index is 0.0953. The Bertz CT molecular complexity index is 877. The van der Waals surface area contributed by atoms with Gasteiger partial charge in [0.1, 0.15) is 0 Å². The van der Waals surface area contributed by atoms with Gasteiger partial charge >= 0.3 is 0 Å². The number of anilines is 1. The van der Waals surface area contributed by atoms with Gasteiger partial charge in [-0.3, -0.25) is 4.79 Å². The van der Waals surface area contributed by atoms with Crippen LogP contribution in [-0.4, -0.2) is 24.7 Å². The largest absolute Gasteiger partial charge is 0.369 e. The van der Waals surface area contributed by atoms with E-state index in [2.05, 4.69) is 49.3 Å². The van der Waals surface area contributed by atoms with E-state index in [0.717, 1.165) is 23.2 Å². The highest BCUT2D eigenvalue weighted by Crippen LogP contribution is 2.44. The lowest BCUT2D eigenvalue weighted by atomic mass is 9.80. The third-order valence-electron chi connectivity index (χ3n) is 5.63. The molecule has 0 saturated heterocycles. The monoisotopic (exact) mass is 397 g/mol. The van der Waals surface area contributed by atoms with Crippen LogP contribution in [0.15, 0.2) is 47.6 Å². The number of carbonyl (C=O) groups excluding carboxylic acids is 1. The molecule has 0 aromatic heterocycles. The van der Waals surface area contributed by atoms with Crippen LogP contribution in [0.1, 0.15) is 56.2 Å². The molecule has 148 valence electrons. The lowest BCUT2D eigenvalue weighted by Crippen LogP contribution is -2.45. The van der Waals surface area contributed by atoms with Crippen LogP contribution in [0.2, 0.25) is 5.02 Å². The molecule has 3 rings (SSSR count). The molecule has 1 aliphatic heterocycles. The fourth-order valence-corrected chi connectivity index (χ4v) is 4.04. The summed E-state index contributed by atoms with van der Waals surface area (Å²) in [4.78, 5) is 14.3. The molecule has 0 spiro atoms. The SMILES string of the molecule is CC1CC(C)(C)N(C)c2cc(Cl)c(/C=N/NC(=O)CCc3ccccc3)cc21. The average molecular weight is 398 g/mol. The van der Waals surface area contributed by atoms with Crippen molar-refractivity contribution in [3.63, 3.8) is 0 Å². The van der Waals surface area contributed by atoms with Crippen LogP contribution < -0.4 is 10.3 Å². The maximum Gasteiger partial charge on any atom is 0.240 e. The molecule has 1 unspecified atom stereocenters. The van der Waals surface area contributed by atoms with Gasteiger partial charge in [0.15, 0.2) is 0 Å². The summed E-state index contributed by atoms with van der Waals surface area (Å²) in [5.41, 5.74) is 7.09. The van der Waals surface area contributed by atoms with Crippen LogP contribution in [0, 0.1) is 0 Å². The fraction of sp³-hybridized carbons (Fsp3) is 0.391. The summed E-state index contributed by atoms with van der Waals surface area (Å²) in [6, 6.07) is 14.0. The predicted molar refractivity (Wildman–Crippen MR) is 117 cm³/mol. The number of hydrogen-bond acceptors (Lipinski definition) is 3. The summed E-state index contributed by atoms with van der Waals surface area (Å²) in [6.07, 6.45) is 3.80. The predicted octanol–water partition coefficient (Wildman–Crippen LogP) is 5.14. The third-order valence-corrected chi connectivity index (χ3v) is 5.96. The molecule has 4 nitrogen and oxygen atoms in total. The van der Waals surface area contributed by atoms with Gasteiger partial charge in [-0.05, 0) is 55.9 Å². The number of fused-ring (bicyclic) bond motifs is 1. The van der Waals surface area contributed by atoms with Crippen LogP contribution >= 0.6 is 11.6 Å². The van der Waals surface area contributed by atoms with E-state index in [0.29, 0.717) is 23.8 Å². The first kappa shape index (κ1) is 20.4. The van der Waals surface area contributed by atoms with E-state index in [1.54, 1.807) is 6.21 Å². The number of amides is 1. The molecule has 0 aliphatic carbocycles. The molecular weight excluding hydrogens is 370 g/mol. The fourth-order valence-electron chi connectivity index (χ4n) is 3.84. The van der Waals surface area contributed by atoms with E-state index < -0.39 is 0 Å². The van der Waals surface area contributed by atoms with Crippen molar-refractivity contribution in [2.24, 2.45) is 5.10 Å². The number of benzene rings is 2. The third kappa shape index (κ3) is 4.56. The van der Waals surface area contributed by atoms with Gasteiger partial charge in [-0.2, -0.15) is 5.10 Å². The van der Waals surface area contributed by atoms with Crippen LogP contribution in [0.4, 0.5) is 5.69 Å². The number of hydrazone groups is 1. The zero-order valence-electron chi connectivity index (χ0n) is 17.0. The van der Waals surface area contributed by atoms with Gasteiger partial charge in [0.05, 0.1) is 11.2 Å². The van der Waals surface area contributed by atoms with Gasteiger partial charge in [0.2, 0.25) is 5.91 Å². The summed E-state index contributed by atoms with van der Waals surface area (Å²) < 4.78 is 0. The van der Waals surface area contributed by atoms with E-state index in [1.165, 1.54) is 5.56 Å². The molecule has 2 aromatic carbocycles. The average Bonchev–Trinajstić information content (AvgIpc) is 2.66. The Kier molecular flexibility index (Phi) is 6.09. The van der Waals surface area contributed by atoms with Crippen molar-refractivity contribution in [3.05, 3.63) is 64.2 Å². The van der Waals surface area contributed by atoms with Crippen LogP contribution in [0.5, 0.6) is 0 Å². The van der Waals surface area contributed by atoms with E-state index in [9.17, 15) is 4.79 Å². The first-order valence-corrected chi connectivity index (χ1v) is 10.1. The van der Waals surface area contributed by atoms with Crippen LogP contribution in [0.25, 0.3) is 0 Å². The normalized spacial score (nSPS) is 18.2. The molecule has 0 saturated carbocycles. The van der Waals surface area contributed by atoms with Gasteiger partial charge in [-0.1, -0.05) is 48.9 Å². The summed E-state index contributed by atoms with van der Waals surface area (Å²) in [6.45, 7) is 6.75. The van der Waals surface area contributed by atoms with Crippen molar-refractivity contribution in [1.29, 1.82) is 0 Å². The number of rotatable bonds is 5. The Morgan fingerprint density at radius 3 is 2.75 bits per heavy atom. The summed E-state index contributed by atoms with van der Waals surface area (Å²) in [5.74, 6) is 0.329. The Morgan fingerprint density at radius 2 is 2.04 bits per heavy atom.